The molecule has 0 bridgehead atoms. The molecule has 1 N–H and O–H groups in total. The van der Waals surface area contributed by atoms with Crippen molar-refractivity contribution in [1.82, 2.24) is 0 Å². The van der Waals surface area contributed by atoms with Gasteiger partial charge in [-0.15, -0.1) is 0 Å². The van der Waals surface area contributed by atoms with Crippen LogP contribution in [-0.2, 0) is 17.6 Å². The molecule has 4 aromatic rings. The third kappa shape index (κ3) is 2.32. The van der Waals surface area contributed by atoms with Crippen molar-refractivity contribution in [3.63, 3.8) is 0 Å². The van der Waals surface area contributed by atoms with E-state index in [1.54, 1.807) is 4.90 Å². The molecule has 1 heterocycles. The highest BCUT2D eigenvalue weighted by molar-refractivity contribution is 6.26. The maximum Gasteiger partial charge on any atom is 0.259 e. The van der Waals surface area contributed by atoms with Crippen LogP contribution in [0.3, 0.4) is 0 Å². The quantitative estimate of drug-likeness (QED) is 0.562. The van der Waals surface area contributed by atoms with Gasteiger partial charge in [-0.25, -0.2) is 0 Å². The molecule has 2 amide bonds. The molecule has 29 heavy (non-hydrogen) atoms. The number of nitrogens with one attached hydrogen (secondary N) is 1. The Morgan fingerprint density at radius 3 is 2.48 bits per heavy atom. The largest absolute Gasteiger partial charge is 0.324 e. The van der Waals surface area contributed by atoms with Crippen molar-refractivity contribution in [2.45, 2.75) is 12.8 Å². The van der Waals surface area contributed by atoms with Gasteiger partial charge in [0.15, 0.2) is 0 Å². The lowest BCUT2D eigenvalue weighted by atomic mass is 10.0. The average molecular weight is 378 g/mol. The van der Waals surface area contributed by atoms with Crippen LogP contribution in [0, 0.1) is 0 Å². The van der Waals surface area contributed by atoms with E-state index in [9.17, 15) is 9.59 Å². The van der Waals surface area contributed by atoms with Crippen LogP contribution in [0.2, 0.25) is 0 Å². The predicted octanol–water partition coefficient (Wildman–Crippen LogP) is 4.69. The lowest BCUT2D eigenvalue weighted by Crippen LogP contribution is -2.35. The van der Waals surface area contributed by atoms with Crippen LogP contribution in [0.1, 0.15) is 21.5 Å². The highest BCUT2D eigenvalue weighted by Gasteiger charge is 2.31. The third-order valence-electron chi connectivity index (χ3n) is 6.10. The Bertz CT molecular complexity index is 1340. The first kappa shape index (κ1) is 16.3. The van der Waals surface area contributed by atoms with Gasteiger partial charge >= 0.3 is 0 Å². The number of benzene rings is 4. The van der Waals surface area contributed by atoms with Crippen LogP contribution in [0.4, 0.5) is 11.4 Å². The van der Waals surface area contributed by atoms with E-state index in [2.05, 4.69) is 23.5 Å². The first-order chi connectivity index (χ1) is 14.2. The summed E-state index contributed by atoms with van der Waals surface area (Å²) in [5, 5.41) is 7.32. The van der Waals surface area contributed by atoms with Crippen LogP contribution in [-0.4, -0.2) is 18.4 Å². The molecule has 0 unspecified atom stereocenters. The number of nitrogens with zero attached hydrogens (tertiary/aromatic N) is 1. The summed E-state index contributed by atoms with van der Waals surface area (Å²) >= 11 is 0. The third-order valence-corrected chi connectivity index (χ3v) is 6.10. The zero-order valence-corrected chi connectivity index (χ0v) is 15.7. The van der Waals surface area contributed by atoms with E-state index >= 15 is 0 Å². The molecular weight excluding hydrogens is 360 g/mol. The van der Waals surface area contributed by atoms with Gasteiger partial charge in [-0.2, -0.15) is 0 Å². The van der Waals surface area contributed by atoms with Crippen LogP contribution < -0.4 is 10.2 Å². The van der Waals surface area contributed by atoms with Gasteiger partial charge in [0.05, 0.1) is 5.69 Å². The Morgan fingerprint density at radius 2 is 1.62 bits per heavy atom. The van der Waals surface area contributed by atoms with Crippen molar-refractivity contribution in [3.05, 3.63) is 83.4 Å². The molecular formula is C25H18N2O2. The van der Waals surface area contributed by atoms with E-state index in [0.717, 1.165) is 40.4 Å². The molecule has 4 aromatic carbocycles. The molecule has 0 fully saturated rings. The van der Waals surface area contributed by atoms with E-state index in [1.165, 1.54) is 16.5 Å². The average Bonchev–Trinajstić information content (AvgIpc) is 3.28. The minimum Gasteiger partial charge on any atom is -0.324 e. The molecule has 4 heteroatoms. The summed E-state index contributed by atoms with van der Waals surface area (Å²) in [6, 6.07) is 21.9. The summed E-state index contributed by atoms with van der Waals surface area (Å²) < 4.78 is 0. The fourth-order valence-corrected chi connectivity index (χ4v) is 4.83. The van der Waals surface area contributed by atoms with Crippen molar-refractivity contribution in [2.75, 3.05) is 16.8 Å². The van der Waals surface area contributed by atoms with Gasteiger partial charge in [0.2, 0.25) is 5.91 Å². The van der Waals surface area contributed by atoms with Crippen molar-refractivity contribution >= 4 is 44.7 Å². The molecule has 0 atom stereocenters. The molecule has 0 radical (unpaired) electrons. The first-order valence-corrected chi connectivity index (χ1v) is 9.88. The number of aryl methyl sites for hydroxylation is 2. The highest BCUT2D eigenvalue weighted by Crippen LogP contribution is 2.38. The Kier molecular flexibility index (Phi) is 3.33. The fourth-order valence-electron chi connectivity index (χ4n) is 4.83. The van der Waals surface area contributed by atoms with Crippen LogP contribution in [0.15, 0.2) is 66.7 Å². The summed E-state index contributed by atoms with van der Waals surface area (Å²) in [6.07, 6.45) is 2.10. The molecule has 0 saturated heterocycles. The summed E-state index contributed by atoms with van der Waals surface area (Å²) in [6.45, 7) is -0.00440. The number of anilines is 2. The van der Waals surface area contributed by atoms with Crippen LogP contribution >= 0.6 is 0 Å². The molecule has 0 aromatic heterocycles. The molecule has 0 spiro atoms. The molecule has 1 aliphatic heterocycles. The van der Waals surface area contributed by atoms with Crippen molar-refractivity contribution < 1.29 is 9.59 Å². The Labute approximate surface area is 167 Å². The standard InChI is InChI=1S/C25H18N2O2/c28-22(26-20-13-12-17-11-10-16-5-1-7-18(20)23(16)17)14-27-21-9-3-6-15-4-2-8-19(24(15)21)25(27)29/h1-9,12-13H,10-11,14H2,(H,26,28). The SMILES string of the molecule is O=C(CN1C(=O)c2cccc3cccc1c23)Nc1ccc2c3c(cccc13)CC2. The van der Waals surface area contributed by atoms with Crippen LogP contribution in [0.25, 0.3) is 21.5 Å². The monoisotopic (exact) mass is 378 g/mol. The fraction of sp³-hybridized carbons (Fsp3) is 0.120. The lowest BCUT2D eigenvalue weighted by molar-refractivity contribution is -0.114. The van der Waals surface area contributed by atoms with Gasteiger partial charge in [-0.05, 0) is 52.9 Å². The Balaban J connectivity index is 1.33. The van der Waals surface area contributed by atoms with Crippen LogP contribution in [0.5, 0.6) is 0 Å². The number of amides is 2. The van der Waals surface area contributed by atoms with Gasteiger partial charge in [0.25, 0.3) is 5.91 Å². The smallest absolute Gasteiger partial charge is 0.259 e. The van der Waals surface area contributed by atoms with E-state index in [-0.39, 0.29) is 18.4 Å². The number of rotatable bonds is 3. The number of carbonyl (C=O) groups is 2. The maximum absolute atomic E-state index is 12.9. The number of carbonyl (C=O) groups excluding carboxylic acids is 2. The van der Waals surface area contributed by atoms with Gasteiger partial charge < -0.3 is 5.32 Å². The molecule has 4 nitrogen and oxygen atoms in total. The van der Waals surface area contributed by atoms with Gasteiger partial charge in [-0.3, -0.25) is 14.5 Å². The maximum atomic E-state index is 12.9. The van der Waals surface area contributed by atoms with Gasteiger partial charge in [0.1, 0.15) is 6.54 Å². The van der Waals surface area contributed by atoms with E-state index in [4.69, 9.17) is 0 Å². The van der Waals surface area contributed by atoms with Crippen molar-refractivity contribution in [2.24, 2.45) is 0 Å². The number of hydrogen-bond donors (Lipinski definition) is 1. The second-order valence-corrected chi connectivity index (χ2v) is 7.73. The lowest BCUT2D eigenvalue weighted by Gasteiger charge is -2.18. The minimum absolute atomic E-state index is 0.00440. The van der Waals surface area contributed by atoms with E-state index in [1.807, 2.05) is 48.5 Å². The summed E-state index contributed by atoms with van der Waals surface area (Å²) in [4.78, 5) is 27.4. The molecule has 1 aliphatic carbocycles. The molecule has 2 aliphatic rings. The topological polar surface area (TPSA) is 49.4 Å². The normalized spacial score (nSPS) is 14.2. The minimum atomic E-state index is -0.193. The summed E-state index contributed by atoms with van der Waals surface area (Å²) in [5.74, 6) is -0.311. The second-order valence-electron chi connectivity index (χ2n) is 7.73. The molecule has 0 saturated carbocycles. The summed E-state index contributed by atoms with van der Waals surface area (Å²) in [7, 11) is 0. The van der Waals surface area contributed by atoms with E-state index in [0.29, 0.717) is 5.56 Å². The Morgan fingerprint density at radius 1 is 0.862 bits per heavy atom. The van der Waals surface area contributed by atoms with Crippen molar-refractivity contribution in [3.8, 4) is 0 Å². The summed E-state index contributed by atoms with van der Waals surface area (Å²) in [5.41, 5.74) is 4.95. The Hall–Kier alpha value is -3.66. The number of hydrogen-bond acceptors (Lipinski definition) is 2. The zero-order valence-electron chi connectivity index (χ0n) is 15.7. The molecule has 6 rings (SSSR count). The zero-order chi connectivity index (χ0) is 19.5. The van der Waals surface area contributed by atoms with Gasteiger partial charge in [0, 0.05) is 22.0 Å². The predicted molar refractivity (Wildman–Crippen MR) is 116 cm³/mol. The van der Waals surface area contributed by atoms with Gasteiger partial charge in [-0.1, -0.05) is 48.5 Å². The van der Waals surface area contributed by atoms with E-state index < -0.39 is 0 Å². The second kappa shape index (κ2) is 5.92. The first-order valence-electron chi connectivity index (χ1n) is 9.88. The molecule has 140 valence electrons. The van der Waals surface area contributed by atoms with Crippen molar-refractivity contribution in [1.29, 1.82) is 0 Å². The highest BCUT2D eigenvalue weighted by atomic mass is 16.2.